The van der Waals surface area contributed by atoms with Crippen LogP contribution in [0.25, 0.3) is 22.0 Å². The van der Waals surface area contributed by atoms with Crippen LogP contribution in [0.3, 0.4) is 0 Å². The Labute approximate surface area is 194 Å². The molecule has 33 heavy (non-hydrogen) atoms. The van der Waals surface area contributed by atoms with Crippen molar-refractivity contribution in [3.05, 3.63) is 47.9 Å². The van der Waals surface area contributed by atoms with Crippen molar-refractivity contribution < 1.29 is 24.2 Å². The maximum Gasteiger partial charge on any atom is 0.347 e. The molecular weight excluding hydrogens is 420 g/mol. The summed E-state index contributed by atoms with van der Waals surface area (Å²) in [5.41, 5.74) is 2.29. The van der Waals surface area contributed by atoms with E-state index in [1.54, 1.807) is 25.4 Å². The van der Waals surface area contributed by atoms with Gasteiger partial charge in [-0.15, -0.1) is 0 Å². The Kier molecular flexibility index (Phi) is 7.10. The Morgan fingerprint density at radius 3 is 2.42 bits per heavy atom. The smallest absolute Gasteiger partial charge is 0.347 e. The van der Waals surface area contributed by atoms with Crippen LogP contribution in [0.2, 0.25) is 0 Å². The number of ether oxygens (including phenoxy) is 2. The molecule has 0 amide bonds. The molecule has 0 spiro atoms. The van der Waals surface area contributed by atoms with Crippen LogP contribution in [-0.4, -0.2) is 38.8 Å². The van der Waals surface area contributed by atoms with E-state index in [1.165, 1.54) is 13.8 Å². The fraction of sp³-hybridized carbons (Fsp3) is 0.423. The third kappa shape index (κ3) is 5.02. The number of aliphatic carboxylic acids is 1. The van der Waals surface area contributed by atoms with E-state index in [-0.39, 0.29) is 6.61 Å². The number of carbonyl (C=O) groups excluding carboxylic acids is 1. The minimum Gasteiger partial charge on any atom is -0.478 e. The number of esters is 1. The molecule has 0 aliphatic rings. The first-order valence-corrected chi connectivity index (χ1v) is 11.2. The highest BCUT2D eigenvalue weighted by Crippen LogP contribution is 2.39. The Hall–Kier alpha value is -3.35. The van der Waals surface area contributed by atoms with E-state index >= 15 is 0 Å². The molecule has 0 aliphatic heterocycles. The van der Waals surface area contributed by atoms with E-state index in [9.17, 15) is 14.7 Å². The van der Waals surface area contributed by atoms with Crippen LogP contribution in [-0.2, 0) is 16.1 Å². The molecule has 0 saturated carbocycles. The summed E-state index contributed by atoms with van der Waals surface area (Å²) in [5.74, 6) is -0.609. The largest absolute Gasteiger partial charge is 0.478 e. The van der Waals surface area contributed by atoms with E-state index in [0.29, 0.717) is 22.6 Å². The first-order valence-electron chi connectivity index (χ1n) is 11.2. The van der Waals surface area contributed by atoms with Crippen LogP contribution in [0.4, 0.5) is 0 Å². The van der Waals surface area contributed by atoms with Crippen LogP contribution in [0, 0.1) is 12.8 Å². The molecule has 1 aromatic carbocycles. The van der Waals surface area contributed by atoms with E-state index in [1.807, 2.05) is 25.1 Å². The molecule has 0 atom stereocenters. The van der Waals surface area contributed by atoms with Gasteiger partial charge < -0.3 is 19.1 Å². The molecule has 0 bridgehead atoms. The molecule has 0 unspecified atom stereocenters. The first kappa shape index (κ1) is 24.3. The summed E-state index contributed by atoms with van der Waals surface area (Å²) >= 11 is 0. The van der Waals surface area contributed by atoms with Crippen molar-refractivity contribution in [2.45, 2.75) is 60.1 Å². The summed E-state index contributed by atoms with van der Waals surface area (Å²) in [6.07, 6.45) is 4.30. The topological polar surface area (TPSA) is 90.7 Å². The number of nitrogens with zero attached hydrogens (tertiary/aromatic N) is 2. The van der Waals surface area contributed by atoms with E-state index < -0.39 is 17.5 Å². The van der Waals surface area contributed by atoms with Gasteiger partial charge in [0.1, 0.15) is 5.75 Å². The third-order valence-electron chi connectivity index (χ3n) is 5.71. The van der Waals surface area contributed by atoms with Gasteiger partial charge in [-0.1, -0.05) is 13.8 Å². The van der Waals surface area contributed by atoms with E-state index in [2.05, 4.69) is 23.4 Å². The zero-order valence-corrected chi connectivity index (χ0v) is 20.1. The van der Waals surface area contributed by atoms with Gasteiger partial charge >= 0.3 is 11.9 Å². The maximum atomic E-state index is 12.9. The molecule has 3 aromatic rings. The van der Waals surface area contributed by atoms with Crippen LogP contribution >= 0.6 is 0 Å². The standard InChI is InChI=1S/C26H32N2O5/c1-7-32-24(29)23-17(4)28(13-10-16(2)3)21-14-19(18-8-11-27-12-9-18)22(15-20(21)23)33-26(5,6)25(30)31/h8-9,11-12,14-16H,7,10,13H2,1-6H3,(H,30,31). The van der Waals surface area contributed by atoms with Gasteiger partial charge in [-0.3, -0.25) is 4.98 Å². The fourth-order valence-corrected chi connectivity index (χ4v) is 3.80. The highest BCUT2D eigenvalue weighted by atomic mass is 16.5. The minimum atomic E-state index is -1.46. The van der Waals surface area contributed by atoms with Crippen molar-refractivity contribution in [2.75, 3.05) is 6.61 Å². The lowest BCUT2D eigenvalue weighted by atomic mass is 10.0. The van der Waals surface area contributed by atoms with Gasteiger partial charge in [-0.25, -0.2) is 9.59 Å². The zero-order valence-electron chi connectivity index (χ0n) is 20.1. The van der Waals surface area contributed by atoms with Crippen molar-refractivity contribution in [3.8, 4) is 16.9 Å². The summed E-state index contributed by atoms with van der Waals surface area (Å²) in [4.78, 5) is 28.8. The Bertz CT molecular complexity index is 1160. The summed E-state index contributed by atoms with van der Waals surface area (Å²) < 4.78 is 13.5. The number of hydrogen-bond acceptors (Lipinski definition) is 5. The van der Waals surface area contributed by atoms with Gasteiger partial charge in [0.05, 0.1) is 12.2 Å². The highest BCUT2D eigenvalue weighted by Gasteiger charge is 2.32. The normalized spacial score (nSPS) is 11.7. The summed E-state index contributed by atoms with van der Waals surface area (Å²) in [5, 5.41) is 10.3. The van der Waals surface area contributed by atoms with Gasteiger partial charge in [0.25, 0.3) is 0 Å². The average Bonchev–Trinajstić information content (AvgIpc) is 3.02. The number of fused-ring (bicyclic) bond motifs is 1. The Balaban J connectivity index is 2.33. The summed E-state index contributed by atoms with van der Waals surface area (Å²) in [6, 6.07) is 7.43. The number of carboxylic acid groups (broad SMARTS) is 1. The number of carboxylic acids is 1. The Morgan fingerprint density at radius 1 is 1.18 bits per heavy atom. The quantitative estimate of drug-likeness (QED) is 0.433. The molecule has 2 heterocycles. The lowest BCUT2D eigenvalue weighted by Crippen LogP contribution is -2.38. The van der Waals surface area contributed by atoms with Gasteiger partial charge in [-0.2, -0.15) is 0 Å². The number of pyridine rings is 1. The second kappa shape index (κ2) is 9.65. The van der Waals surface area contributed by atoms with E-state index in [0.717, 1.165) is 35.3 Å². The maximum absolute atomic E-state index is 12.9. The van der Waals surface area contributed by atoms with E-state index in [4.69, 9.17) is 9.47 Å². The van der Waals surface area contributed by atoms with Gasteiger partial charge in [0.15, 0.2) is 5.60 Å². The lowest BCUT2D eigenvalue weighted by molar-refractivity contribution is -0.152. The highest BCUT2D eigenvalue weighted by molar-refractivity contribution is 6.07. The van der Waals surface area contributed by atoms with Gasteiger partial charge in [-0.05, 0) is 69.9 Å². The van der Waals surface area contributed by atoms with Crippen molar-refractivity contribution in [1.29, 1.82) is 0 Å². The second-order valence-electron chi connectivity index (χ2n) is 9.03. The van der Waals surface area contributed by atoms with Crippen LogP contribution in [0.1, 0.15) is 57.1 Å². The molecule has 0 fully saturated rings. The van der Waals surface area contributed by atoms with Crippen LogP contribution in [0.15, 0.2) is 36.7 Å². The molecule has 3 rings (SSSR count). The molecule has 7 nitrogen and oxygen atoms in total. The van der Waals surface area contributed by atoms with Crippen molar-refractivity contribution in [1.82, 2.24) is 9.55 Å². The third-order valence-corrected chi connectivity index (χ3v) is 5.71. The molecular formula is C26H32N2O5. The summed E-state index contributed by atoms with van der Waals surface area (Å²) in [7, 11) is 0. The number of aromatic nitrogens is 2. The van der Waals surface area contributed by atoms with Crippen LogP contribution < -0.4 is 4.74 Å². The van der Waals surface area contributed by atoms with Gasteiger partial charge in [0.2, 0.25) is 0 Å². The molecule has 1 N–H and O–H groups in total. The number of carbonyl (C=O) groups is 2. The van der Waals surface area contributed by atoms with Crippen molar-refractivity contribution in [3.63, 3.8) is 0 Å². The summed E-state index contributed by atoms with van der Waals surface area (Å²) in [6.45, 7) is 12.0. The fourth-order valence-electron chi connectivity index (χ4n) is 3.80. The Morgan fingerprint density at radius 2 is 1.85 bits per heavy atom. The van der Waals surface area contributed by atoms with Crippen LogP contribution in [0.5, 0.6) is 5.75 Å². The second-order valence-corrected chi connectivity index (χ2v) is 9.03. The molecule has 2 aromatic heterocycles. The molecule has 0 aliphatic carbocycles. The molecule has 0 saturated heterocycles. The lowest BCUT2D eigenvalue weighted by Gasteiger charge is -2.24. The monoisotopic (exact) mass is 452 g/mol. The average molecular weight is 453 g/mol. The van der Waals surface area contributed by atoms with Crippen molar-refractivity contribution >= 4 is 22.8 Å². The van der Waals surface area contributed by atoms with Gasteiger partial charge in [0, 0.05) is 41.1 Å². The minimum absolute atomic E-state index is 0.265. The van der Waals surface area contributed by atoms with Crippen molar-refractivity contribution in [2.24, 2.45) is 5.92 Å². The molecule has 176 valence electrons. The first-order chi connectivity index (χ1) is 15.6. The SMILES string of the molecule is CCOC(=O)c1c(C)n(CCC(C)C)c2cc(-c3ccncc3)c(OC(C)(C)C(=O)O)cc12. The molecule has 0 radical (unpaired) electrons. The molecule has 7 heteroatoms. The number of rotatable bonds is 9. The number of benzene rings is 1. The predicted molar refractivity (Wildman–Crippen MR) is 128 cm³/mol. The zero-order chi connectivity index (χ0) is 24.3. The predicted octanol–water partition coefficient (Wildman–Crippen LogP) is 5.48. The number of hydrogen-bond donors (Lipinski definition) is 1. The number of aryl methyl sites for hydroxylation is 1.